The number of hydrogen-bond donors (Lipinski definition) is 0. The van der Waals surface area contributed by atoms with Crippen LogP contribution in [-0.4, -0.2) is 73.5 Å². The Labute approximate surface area is 172 Å². The first-order valence-electron chi connectivity index (χ1n) is 9.28. The molecule has 30 heavy (non-hydrogen) atoms. The van der Waals surface area contributed by atoms with Gasteiger partial charge in [0.2, 0.25) is 10.0 Å². The van der Waals surface area contributed by atoms with Crippen molar-refractivity contribution in [1.29, 1.82) is 0 Å². The van der Waals surface area contributed by atoms with Gasteiger partial charge in [0.05, 0.1) is 12.2 Å². The highest BCUT2D eigenvalue weighted by Gasteiger charge is 2.37. The van der Waals surface area contributed by atoms with E-state index in [4.69, 9.17) is 0 Å². The lowest BCUT2D eigenvalue weighted by atomic mass is 10.1. The molecular formula is C18H19N9O2S. The molecule has 154 valence electrons. The van der Waals surface area contributed by atoms with Gasteiger partial charge in [-0.25, -0.2) is 8.42 Å². The highest BCUT2D eigenvalue weighted by Crippen LogP contribution is 2.26. The van der Waals surface area contributed by atoms with Crippen molar-refractivity contribution in [3.8, 4) is 11.4 Å². The van der Waals surface area contributed by atoms with Crippen LogP contribution < -0.4 is 4.90 Å². The summed E-state index contributed by atoms with van der Waals surface area (Å²) < 4.78 is 30.1. The zero-order valence-electron chi connectivity index (χ0n) is 16.4. The van der Waals surface area contributed by atoms with Crippen LogP contribution in [0.1, 0.15) is 0 Å². The fourth-order valence-corrected chi connectivity index (χ4v) is 4.71. The van der Waals surface area contributed by atoms with E-state index in [1.54, 1.807) is 31.0 Å². The average Bonchev–Trinajstić information content (AvgIpc) is 3.34. The number of pyridine rings is 1. The van der Waals surface area contributed by atoms with E-state index < -0.39 is 10.0 Å². The largest absolute Gasteiger partial charge is 0.352 e. The molecular weight excluding hydrogens is 406 g/mol. The number of anilines is 1. The molecule has 1 saturated heterocycles. The van der Waals surface area contributed by atoms with Gasteiger partial charge in [-0.15, -0.1) is 15.3 Å². The van der Waals surface area contributed by atoms with Gasteiger partial charge in [-0.1, -0.05) is 0 Å². The number of likely N-dealkylation sites (N-methyl/N-ethyl adjacent to an activating group) is 1. The molecule has 0 N–H and O–H groups in total. The van der Waals surface area contributed by atoms with E-state index in [0.717, 1.165) is 11.4 Å². The molecule has 0 bridgehead atoms. The molecule has 4 aromatic rings. The summed E-state index contributed by atoms with van der Waals surface area (Å²) in [5.74, 6) is 1.34. The minimum absolute atomic E-state index is 0.147. The molecule has 0 amide bonds. The van der Waals surface area contributed by atoms with Gasteiger partial charge in [0.15, 0.2) is 11.5 Å². The first-order chi connectivity index (χ1) is 14.4. The lowest BCUT2D eigenvalue weighted by Crippen LogP contribution is -2.60. The van der Waals surface area contributed by atoms with E-state index in [-0.39, 0.29) is 10.9 Å². The van der Waals surface area contributed by atoms with Crippen molar-refractivity contribution in [3.63, 3.8) is 0 Å². The van der Waals surface area contributed by atoms with Crippen molar-refractivity contribution in [2.24, 2.45) is 7.05 Å². The minimum atomic E-state index is -3.58. The summed E-state index contributed by atoms with van der Waals surface area (Å²) in [6.45, 7) is 1.08. The molecule has 4 aromatic heterocycles. The monoisotopic (exact) mass is 425 g/mol. The highest BCUT2D eigenvalue weighted by molar-refractivity contribution is 7.89. The van der Waals surface area contributed by atoms with E-state index in [9.17, 15) is 8.42 Å². The van der Waals surface area contributed by atoms with Crippen molar-refractivity contribution in [2.45, 2.75) is 10.9 Å². The van der Waals surface area contributed by atoms with Crippen LogP contribution in [0.3, 0.4) is 0 Å². The Morgan fingerprint density at radius 3 is 2.67 bits per heavy atom. The predicted molar refractivity (Wildman–Crippen MR) is 108 cm³/mol. The second kappa shape index (κ2) is 6.85. The summed E-state index contributed by atoms with van der Waals surface area (Å²) in [6.07, 6.45) is 6.28. The maximum absolute atomic E-state index is 12.8. The first kappa shape index (κ1) is 18.6. The molecule has 11 nitrogen and oxygen atoms in total. The molecule has 0 aromatic carbocycles. The lowest BCUT2D eigenvalue weighted by Gasteiger charge is -2.43. The summed E-state index contributed by atoms with van der Waals surface area (Å²) in [6, 6.07) is 7.29. The number of nitrogens with zero attached hydrogens (tertiary/aromatic N) is 9. The van der Waals surface area contributed by atoms with E-state index in [0.29, 0.717) is 24.6 Å². The number of sulfonamides is 1. The summed E-state index contributed by atoms with van der Waals surface area (Å²) in [4.78, 5) is 6.33. The van der Waals surface area contributed by atoms with E-state index in [1.165, 1.54) is 21.4 Å². The van der Waals surface area contributed by atoms with Crippen molar-refractivity contribution >= 4 is 21.5 Å². The summed E-state index contributed by atoms with van der Waals surface area (Å²) in [5.41, 5.74) is 1.45. The zero-order valence-corrected chi connectivity index (χ0v) is 17.2. The van der Waals surface area contributed by atoms with Gasteiger partial charge in [0.1, 0.15) is 10.7 Å². The van der Waals surface area contributed by atoms with Crippen molar-refractivity contribution in [2.75, 3.05) is 25.0 Å². The average molecular weight is 425 g/mol. The van der Waals surface area contributed by atoms with Crippen LogP contribution in [0.2, 0.25) is 0 Å². The topological polar surface area (TPSA) is 114 Å². The fourth-order valence-electron chi connectivity index (χ4n) is 3.39. The third kappa shape index (κ3) is 3.00. The smallest absolute Gasteiger partial charge is 0.246 e. The highest BCUT2D eigenvalue weighted by atomic mass is 32.2. The normalized spacial score (nSPS) is 15.1. The molecule has 12 heteroatoms. The van der Waals surface area contributed by atoms with Crippen molar-refractivity contribution in [3.05, 3.63) is 49.1 Å². The Morgan fingerprint density at radius 2 is 1.97 bits per heavy atom. The van der Waals surface area contributed by atoms with Crippen LogP contribution in [0.25, 0.3) is 17.0 Å². The quantitative estimate of drug-likeness (QED) is 0.452. The Balaban J connectivity index is 1.36. The van der Waals surface area contributed by atoms with Crippen molar-refractivity contribution in [1.82, 2.24) is 38.9 Å². The van der Waals surface area contributed by atoms with Gasteiger partial charge in [0, 0.05) is 51.3 Å². The van der Waals surface area contributed by atoms with Gasteiger partial charge < -0.3 is 4.90 Å². The number of rotatable bonds is 5. The number of hydrogen-bond acceptors (Lipinski definition) is 8. The number of fused-ring (bicyclic) bond motifs is 1. The molecule has 5 rings (SSSR count). The predicted octanol–water partition coefficient (Wildman–Crippen LogP) is 0.429. The first-order valence-corrected chi connectivity index (χ1v) is 10.7. The third-order valence-electron chi connectivity index (χ3n) is 5.23. The fraction of sp³-hybridized carbons (Fsp3) is 0.278. The molecule has 0 aliphatic carbocycles. The zero-order chi connectivity index (χ0) is 20.9. The van der Waals surface area contributed by atoms with Gasteiger partial charge >= 0.3 is 0 Å². The minimum Gasteiger partial charge on any atom is -0.352 e. The van der Waals surface area contributed by atoms with Crippen LogP contribution >= 0.6 is 0 Å². The van der Waals surface area contributed by atoms with Gasteiger partial charge in [-0.3, -0.25) is 9.67 Å². The number of aryl methyl sites for hydroxylation is 1. The molecule has 0 radical (unpaired) electrons. The standard InChI is InChI=1S/C18H19N9O2S/c1-24-12-15(9-20-24)30(28,29)25(2)14-10-26(11-14)17-6-5-16-21-22-18(27(16)23-17)13-4-3-7-19-8-13/h3-9,12,14H,10-11H2,1-2H3. The lowest BCUT2D eigenvalue weighted by molar-refractivity contribution is 0.309. The maximum Gasteiger partial charge on any atom is 0.246 e. The summed E-state index contributed by atoms with van der Waals surface area (Å²) >= 11 is 0. The second-order valence-corrected chi connectivity index (χ2v) is 9.15. The Hall–Kier alpha value is -3.38. The van der Waals surface area contributed by atoms with Gasteiger partial charge in [-0.2, -0.15) is 13.9 Å². The molecule has 5 heterocycles. The van der Waals surface area contributed by atoms with Crippen LogP contribution in [0, 0.1) is 0 Å². The van der Waals surface area contributed by atoms with Crippen LogP contribution in [0.15, 0.2) is 53.9 Å². The molecule has 0 spiro atoms. The molecule has 1 aliphatic rings. The van der Waals surface area contributed by atoms with Gasteiger partial charge in [-0.05, 0) is 24.3 Å². The van der Waals surface area contributed by atoms with Crippen LogP contribution in [0.5, 0.6) is 0 Å². The molecule has 0 atom stereocenters. The Morgan fingerprint density at radius 1 is 1.13 bits per heavy atom. The second-order valence-electron chi connectivity index (χ2n) is 7.16. The van der Waals surface area contributed by atoms with E-state index in [2.05, 4.69) is 25.4 Å². The summed E-state index contributed by atoms with van der Waals surface area (Å²) in [7, 11) is -0.292. The molecule has 0 saturated carbocycles. The molecule has 0 unspecified atom stereocenters. The molecule has 1 aliphatic heterocycles. The number of aromatic nitrogens is 7. The maximum atomic E-state index is 12.8. The SMILES string of the molecule is CN(C1CN(c2ccc3nnc(-c4cccnc4)n3n2)C1)S(=O)(=O)c1cnn(C)c1. The Bertz CT molecular complexity index is 1310. The summed E-state index contributed by atoms with van der Waals surface area (Å²) in [5, 5.41) is 17.0. The van der Waals surface area contributed by atoms with Crippen LogP contribution in [0.4, 0.5) is 5.82 Å². The van der Waals surface area contributed by atoms with Crippen molar-refractivity contribution < 1.29 is 8.42 Å². The van der Waals surface area contributed by atoms with Crippen LogP contribution in [-0.2, 0) is 17.1 Å². The third-order valence-corrected chi connectivity index (χ3v) is 7.09. The van der Waals surface area contributed by atoms with E-state index in [1.807, 2.05) is 29.2 Å². The Kier molecular flexibility index (Phi) is 4.25. The molecule has 1 fully saturated rings. The van der Waals surface area contributed by atoms with E-state index >= 15 is 0 Å². The van der Waals surface area contributed by atoms with Gasteiger partial charge in [0.25, 0.3) is 0 Å².